The number of hydrogen-bond acceptors (Lipinski definition) is 3. The molecule has 0 amide bonds. The van der Waals surface area contributed by atoms with Gasteiger partial charge in [0.1, 0.15) is 0 Å². The zero-order chi connectivity index (χ0) is 8.10. The summed E-state index contributed by atoms with van der Waals surface area (Å²) in [7, 11) is 0. The van der Waals surface area contributed by atoms with Crippen molar-refractivity contribution in [3.63, 3.8) is 0 Å². The van der Waals surface area contributed by atoms with Gasteiger partial charge < -0.3 is 4.84 Å². The zero-order valence-electron chi connectivity index (χ0n) is 6.80. The molecule has 0 atom stereocenters. The SMILES string of the molecule is CCC(=O)ON=C1CCCC1. The van der Waals surface area contributed by atoms with E-state index >= 15 is 0 Å². The molecular weight excluding hydrogens is 142 g/mol. The molecule has 0 aromatic rings. The van der Waals surface area contributed by atoms with Crippen molar-refractivity contribution in [2.24, 2.45) is 5.16 Å². The molecule has 1 aliphatic carbocycles. The van der Waals surface area contributed by atoms with Crippen molar-refractivity contribution in [2.45, 2.75) is 39.0 Å². The van der Waals surface area contributed by atoms with Crippen LogP contribution in [-0.4, -0.2) is 11.7 Å². The topological polar surface area (TPSA) is 38.7 Å². The minimum Gasteiger partial charge on any atom is -0.318 e. The fraction of sp³-hybridized carbons (Fsp3) is 0.750. The summed E-state index contributed by atoms with van der Waals surface area (Å²) in [5.74, 6) is -0.246. The predicted molar refractivity (Wildman–Crippen MR) is 42.3 cm³/mol. The summed E-state index contributed by atoms with van der Waals surface area (Å²) in [6.45, 7) is 1.76. The van der Waals surface area contributed by atoms with Gasteiger partial charge in [0.15, 0.2) is 0 Å². The fourth-order valence-corrected chi connectivity index (χ4v) is 1.05. The van der Waals surface area contributed by atoms with Gasteiger partial charge in [-0.1, -0.05) is 12.1 Å². The first-order valence-corrected chi connectivity index (χ1v) is 4.08. The van der Waals surface area contributed by atoms with E-state index in [0.29, 0.717) is 6.42 Å². The van der Waals surface area contributed by atoms with Crippen LogP contribution in [0.2, 0.25) is 0 Å². The third-order valence-electron chi connectivity index (χ3n) is 1.75. The monoisotopic (exact) mass is 155 g/mol. The average molecular weight is 155 g/mol. The van der Waals surface area contributed by atoms with Gasteiger partial charge in [-0.3, -0.25) is 0 Å². The quantitative estimate of drug-likeness (QED) is 0.451. The van der Waals surface area contributed by atoms with Crippen molar-refractivity contribution in [3.8, 4) is 0 Å². The average Bonchev–Trinajstić information content (AvgIpc) is 2.52. The van der Waals surface area contributed by atoms with Gasteiger partial charge in [-0.05, 0) is 25.7 Å². The lowest BCUT2D eigenvalue weighted by molar-refractivity contribution is -0.143. The summed E-state index contributed by atoms with van der Waals surface area (Å²) >= 11 is 0. The predicted octanol–water partition coefficient (Wildman–Crippen LogP) is 1.87. The molecule has 3 nitrogen and oxygen atoms in total. The smallest absolute Gasteiger partial charge is 0.318 e. The Labute approximate surface area is 66.4 Å². The normalized spacial score (nSPS) is 16.6. The van der Waals surface area contributed by atoms with Gasteiger partial charge in [0.25, 0.3) is 0 Å². The Hall–Kier alpha value is -0.860. The van der Waals surface area contributed by atoms with E-state index in [1.54, 1.807) is 6.92 Å². The van der Waals surface area contributed by atoms with Crippen LogP contribution in [0.1, 0.15) is 39.0 Å². The first-order chi connectivity index (χ1) is 5.33. The van der Waals surface area contributed by atoms with E-state index in [2.05, 4.69) is 9.99 Å². The molecule has 0 bridgehead atoms. The Morgan fingerprint density at radius 2 is 2.18 bits per heavy atom. The van der Waals surface area contributed by atoms with Crippen molar-refractivity contribution < 1.29 is 9.63 Å². The van der Waals surface area contributed by atoms with Gasteiger partial charge in [0.2, 0.25) is 0 Å². The molecule has 0 unspecified atom stereocenters. The Balaban J connectivity index is 2.28. The lowest BCUT2D eigenvalue weighted by Gasteiger charge is -1.94. The van der Waals surface area contributed by atoms with Gasteiger partial charge in [-0.2, -0.15) is 0 Å². The van der Waals surface area contributed by atoms with Crippen LogP contribution in [0, 0.1) is 0 Å². The number of rotatable bonds is 2. The van der Waals surface area contributed by atoms with Crippen molar-refractivity contribution >= 4 is 11.7 Å². The molecule has 3 heteroatoms. The van der Waals surface area contributed by atoms with Crippen LogP contribution in [0.15, 0.2) is 5.16 Å². The first-order valence-electron chi connectivity index (χ1n) is 4.08. The molecule has 1 fully saturated rings. The maximum absolute atomic E-state index is 10.6. The Bertz CT molecular complexity index is 167. The van der Waals surface area contributed by atoms with E-state index in [1.165, 1.54) is 12.8 Å². The maximum atomic E-state index is 10.6. The second-order valence-corrected chi connectivity index (χ2v) is 2.68. The Morgan fingerprint density at radius 3 is 2.73 bits per heavy atom. The third-order valence-corrected chi connectivity index (χ3v) is 1.75. The molecule has 1 saturated carbocycles. The molecule has 1 rings (SSSR count). The lowest BCUT2D eigenvalue weighted by atomic mass is 10.3. The standard InChI is InChI=1S/C8H13NO2/c1-2-8(10)11-9-7-5-3-4-6-7/h2-6H2,1H3. The summed E-state index contributed by atoms with van der Waals surface area (Å²) in [5.41, 5.74) is 1.03. The molecule has 0 heterocycles. The summed E-state index contributed by atoms with van der Waals surface area (Å²) in [4.78, 5) is 15.3. The van der Waals surface area contributed by atoms with E-state index in [9.17, 15) is 4.79 Å². The van der Waals surface area contributed by atoms with Crippen molar-refractivity contribution in [1.29, 1.82) is 0 Å². The van der Waals surface area contributed by atoms with E-state index < -0.39 is 0 Å². The van der Waals surface area contributed by atoms with Crippen LogP contribution >= 0.6 is 0 Å². The molecular formula is C8H13NO2. The van der Waals surface area contributed by atoms with Gasteiger partial charge in [-0.25, -0.2) is 4.79 Å². The summed E-state index contributed by atoms with van der Waals surface area (Å²) in [6.07, 6.45) is 4.76. The molecule has 0 saturated heterocycles. The molecule has 0 aliphatic heterocycles. The van der Waals surface area contributed by atoms with E-state index in [4.69, 9.17) is 0 Å². The van der Waals surface area contributed by atoms with Crippen molar-refractivity contribution in [3.05, 3.63) is 0 Å². The second-order valence-electron chi connectivity index (χ2n) is 2.68. The van der Waals surface area contributed by atoms with Gasteiger partial charge in [0.05, 0.1) is 5.71 Å². The van der Waals surface area contributed by atoms with Crippen LogP contribution in [0.5, 0.6) is 0 Å². The van der Waals surface area contributed by atoms with Crippen LogP contribution in [-0.2, 0) is 9.63 Å². The summed E-state index contributed by atoms with van der Waals surface area (Å²) in [6, 6.07) is 0. The van der Waals surface area contributed by atoms with Gasteiger partial charge in [0, 0.05) is 6.42 Å². The van der Waals surface area contributed by atoms with Gasteiger partial charge >= 0.3 is 5.97 Å². The van der Waals surface area contributed by atoms with E-state index in [1.807, 2.05) is 0 Å². The van der Waals surface area contributed by atoms with Crippen LogP contribution in [0.4, 0.5) is 0 Å². The molecule has 0 N–H and O–H groups in total. The highest BCUT2D eigenvalue weighted by molar-refractivity contribution is 5.86. The van der Waals surface area contributed by atoms with Crippen LogP contribution < -0.4 is 0 Å². The fourth-order valence-electron chi connectivity index (χ4n) is 1.05. The zero-order valence-corrected chi connectivity index (χ0v) is 6.80. The van der Waals surface area contributed by atoms with Crippen LogP contribution in [0.25, 0.3) is 0 Å². The van der Waals surface area contributed by atoms with Crippen molar-refractivity contribution in [1.82, 2.24) is 0 Å². The van der Waals surface area contributed by atoms with E-state index in [-0.39, 0.29) is 5.97 Å². The molecule has 0 radical (unpaired) electrons. The number of carbonyl (C=O) groups excluding carboxylic acids is 1. The molecule has 1 aliphatic rings. The minimum absolute atomic E-state index is 0.246. The molecule has 0 spiro atoms. The number of oxime groups is 1. The van der Waals surface area contributed by atoms with E-state index in [0.717, 1.165) is 18.6 Å². The largest absolute Gasteiger partial charge is 0.334 e. The minimum atomic E-state index is -0.246. The molecule has 0 aromatic heterocycles. The number of nitrogens with zero attached hydrogens (tertiary/aromatic N) is 1. The highest BCUT2D eigenvalue weighted by Crippen LogP contribution is 2.14. The third kappa shape index (κ3) is 2.70. The first kappa shape index (κ1) is 8.24. The highest BCUT2D eigenvalue weighted by Gasteiger charge is 2.09. The molecule has 11 heavy (non-hydrogen) atoms. The number of carbonyl (C=O) groups is 1. The number of hydrogen-bond donors (Lipinski definition) is 0. The Morgan fingerprint density at radius 1 is 1.55 bits per heavy atom. The highest BCUT2D eigenvalue weighted by atomic mass is 16.7. The Kier molecular flexibility index (Phi) is 3.08. The maximum Gasteiger partial charge on any atom is 0.334 e. The summed E-state index contributed by atoms with van der Waals surface area (Å²) < 4.78 is 0. The summed E-state index contributed by atoms with van der Waals surface area (Å²) in [5, 5.41) is 3.76. The van der Waals surface area contributed by atoms with Crippen molar-refractivity contribution in [2.75, 3.05) is 0 Å². The lowest BCUT2D eigenvalue weighted by Crippen LogP contribution is -1.99. The second kappa shape index (κ2) is 4.11. The molecule has 0 aromatic carbocycles. The van der Waals surface area contributed by atoms with Gasteiger partial charge in [-0.15, -0.1) is 0 Å². The molecule has 62 valence electrons. The van der Waals surface area contributed by atoms with Crippen LogP contribution in [0.3, 0.4) is 0 Å².